The van der Waals surface area contributed by atoms with E-state index in [0.29, 0.717) is 12.2 Å². The summed E-state index contributed by atoms with van der Waals surface area (Å²) in [5, 5.41) is 15.7. The average molecular weight is 263 g/mol. The highest BCUT2D eigenvalue weighted by Gasteiger charge is 2.15. The number of benzene rings is 1. The number of carbonyl (C=O) groups is 1. The standard InChI is InChI=1S/C13H14FN3O2/c1-3-17-12(6-8(2)16-17)13(19)15-11-5-4-9(18)7-10(11)14/h4-7,18H,3H2,1-2H3,(H,15,19). The number of carbonyl (C=O) groups excluding carboxylic acids is 1. The highest BCUT2D eigenvalue weighted by Crippen LogP contribution is 2.20. The topological polar surface area (TPSA) is 67.2 Å². The van der Waals surface area contributed by atoms with Crippen LogP contribution in [0.1, 0.15) is 23.1 Å². The molecule has 1 aromatic heterocycles. The van der Waals surface area contributed by atoms with E-state index in [4.69, 9.17) is 5.11 Å². The highest BCUT2D eigenvalue weighted by molar-refractivity contribution is 6.03. The molecule has 100 valence electrons. The third-order valence-electron chi connectivity index (χ3n) is 2.64. The number of nitrogens with zero attached hydrogens (tertiary/aromatic N) is 2. The molecule has 19 heavy (non-hydrogen) atoms. The SMILES string of the molecule is CCn1nc(C)cc1C(=O)Nc1ccc(O)cc1F. The second-order valence-corrected chi connectivity index (χ2v) is 4.10. The number of aromatic hydroxyl groups is 1. The molecule has 0 radical (unpaired) electrons. The van der Waals surface area contributed by atoms with Crippen LogP contribution in [0.3, 0.4) is 0 Å². The van der Waals surface area contributed by atoms with E-state index in [1.807, 2.05) is 6.92 Å². The van der Waals surface area contributed by atoms with Gasteiger partial charge < -0.3 is 10.4 Å². The van der Waals surface area contributed by atoms with Gasteiger partial charge in [0.1, 0.15) is 17.3 Å². The van der Waals surface area contributed by atoms with Gasteiger partial charge in [0, 0.05) is 12.6 Å². The molecule has 1 amide bonds. The first-order valence-electron chi connectivity index (χ1n) is 5.85. The molecule has 0 aliphatic carbocycles. The molecule has 2 rings (SSSR count). The number of amides is 1. The fourth-order valence-corrected chi connectivity index (χ4v) is 1.76. The maximum absolute atomic E-state index is 13.5. The summed E-state index contributed by atoms with van der Waals surface area (Å²) in [6, 6.07) is 5.19. The molecule has 5 nitrogen and oxygen atoms in total. The van der Waals surface area contributed by atoms with Crippen molar-refractivity contribution in [3.63, 3.8) is 0 Å². The Kier molecular flexibility index (Phi) is 3.50. The average Bonchev–Trinajstić information content (AvgIpc) is 2.74. The van der Waals surface area contributed by atoms with Crippen LogP contribution in [0.15, 0.2) is 24.3 Å². The maximum atomic E-state index is 13.5. The van der Waals surface area contributed by atoms with Crippen molar-refractivity contribution in [2.24, 2.45) is 0 Å². The molecule has 1 aromatic carbocycles. The van der Waals surface area contributed by atoms with Crippen molar-refractivity contribution >= 4 is 11.6 Å². The first-order valence-corrected chi connectivity index (χ1v) is 5.85. The fourth-order valence-electron chi connectivity index (χ4n) is 1.76. The van der Waals surface area contributed by atoms with Crippen LogP contribution in [0.2, 0.25) is 0 Å². The van der Waals surface area contributed by atoms with Gasteiger partial charge in [-0.25, -0.2) is 4.39 Å². The predicted molar refractivity (Wildman–Crippen MR) is 68.7 cm³/mol. The van der Waals surface area contributed by atoms with E-state index < -0.39 is 11.7 Å². The number of aryl methyl sites for hydroxylation is 2. The molecule has 0 saturated heterocycles. The van der Waals surface area contributed by atoms with E-state index in [1.54, 1.807) is 17.7 Å². The Morgan fingerprint density at radius 2 is 2.21 bits per heavy atom. The molecule has 0 unspecified atom stereocenters. The lowest BCUT2D eigenvalue weighted by molar-refractivity contribution is 0.101. The van der Waals surface area contributed by atoms with Crippen LogP contribution in [0.5, 0.6) is 5.75 Å². The summed E-state index contributed by atoms with van der Waals surface area (Å²) >= 11 is 0. The molecule has 0 fully saturated rings. The van der Waals surface area contributed by atoms with Crippen molar-refractivity contribution in [2.75, 3.05) is 5.32 Å². The minimum absolute atomic E-state index is 0.0179. The van der Waals surface area contributed by atoms with E-state index >= 15 is 0 Å². The Hall–Kier alpha value is -2.37. The second-order valence-electron chi connectivity index (χ2n) is 4.10. The number of rotatable bonds is 3. The molecule has 0 bridgehead atoms. The number of hydrogen-bond donors (Lipinski definition) is 2. The van der Waals surface area contributed by atoms with Crippen molar-refractivity contribution in [1.29, 1.82) is 0 Å². The first kappa shape index (κ1) is 13.1. The zero-order valence-corrected chi connectivity index (χ0v) is 10.6. The van der Waals surface area contributed by atoms with Gasteiger partial charge in [0.2, 0.25) is 0 Å². The van der Waals surface area contributed by atoms with Crippen molar-refractivity contribution < 1.29 is 14.3 Å². The molecule has 0 atom stereocenters. The zero-order chi connectivity index (χ0) is 14.0. The molecular formula is C13H14FN3O2. The molecule has 0 aliphatic heterocycles. The summed E-state index contributed by atoms with van der Waals surface area (Å²) in [5.41, 5.74) is 1.11. The minimum atomic E-state index is -0.687. The number of hydrogen-bond acceptors (Lipinski definition) is 3. The number of phenolic OH excluding ortho intramolecular Hbond substituents is 1. The van der Waals surface area contributed by atoms with Gasteiger partial charge in [-0.05, 0) is 32.0 Å². The Morgan fingerprint density at radius 1 is 1.47 bits per heavy atom. The number of halogens is 1. The van der Waals surface area contributed by atoms with Gasteiger partial charge in [0.25, 0.3) is 5.91 Å². The van der Waals surface area contributed by atoms with E-state index in [2.05, 4.69) is 10.4 Å². The Morgan fingerprint density at radius 3 is 2.84 bits per heavy atom. The van der Waals surface area contributed by atoms with Crippen LogP contribution in [0, 0.1) is 12.7 Å². The largest absolute Gasteiger partial charge is 0.508 e. The van der Waals surface area contributed by atoms with Crippen molar-refractivity contribution in [2.45, 2.75) is 20.4 Å². The first-order chi connectivity index (χ1) is 9.01. The van der Waals surface area contributed by atoms with Crippen molar-refractivity contribution in [3.05, 3.63) is 41.5 Å². The summed E-state index contributed by atoms with van der Waals surface area (Å²) in [6.07, 6.45) is 0. The molecule has 6 heteroatoms. The Labute approximate surface area is 109 Å². The highest BCUT2D eigenvalue weighted by atomic mass is 19.1. The van der Waals surface area contributed by atoms with Crippen molar-refractivity contribution in [3.8, 4) is 5.75 Å². The van der Waals surface area contributed by atoms with E-state index in [0.717, 1.165) is 11.8 Å². The summed E-state index contributed by atoms with van der Waals surface area (Å²) < 4.78 is 15.1. The summed E-state index contributed by atoms with van der Waals surface area (Å²) in [5.74, 6) is -1.32. The fraction of sp³-hybridized carbons (Fsp3) is 0.231. The third kappa shape index (κ3) is 2.73. The van der Waals surface area contributed by atoms with Crippen LogP contribution >= 0.6 is 0 Å². The van der Waals surface area contributed by atoms with Gasteiger partial charge in [-0.15, -0.1) is 0 Å². The van der Waals surface area contributed by atoms with Crippen LogP contribution in [0.4, 0.5) is 10.1 Å². The van der Waals surface area contributed by atoms with E-state index in [-0.39, 0.29) is 11.4 Å². The van der Waals surface area contributed by atoms with Gasteiger partial charge in [-0.1, -0.05) is 0 Å². The number of aromatic nitrogens is 2. The molecule has 2 N–H and O–H groups in total. The lowest BCUT2D eigenvalue weighted by Gasteiger charge is -2.07. The van der Waals surface area contributed by atoms with Crippen LogP contribution in [-0.4, -0.2) is 20.8 Å². The number of nitrogens with one attached hydrogen (secondary N) is 1. The van der Waals surface area contributed by atoms with Gasteiger partial charge >= 0.3 is 0 Å². The number of phenols is 1. The quantitative estimate of drug-likeness (QED) is 0.835. The molecule has 0 saturated carbocycles. The predicted octanol–water partition coefficient (Wildman–Crippen LogP) is 2.31. The molecule has 1 heterocycles. The third-order valence-corrected chi connectivity index (χ3v) is 2.64. The smallest absolute Gasteiger partial charge is 0.274 e. The molecular weight excluding hydrogens is 249 g/mol. The van der Waals surface area contributed by atoms with Crippen LogP contribution in [0.25, 0.3) is 0 Å². The van der Waals surface area contributed by atoms with Gasteiger partial charge in [0.15, 0.2) is 0 Å². The number of anilines is 1. The zero-order valence-electron chi connectivity index (χ0n) is 10.6. The Balaban J connectivity index is 2.25. The van der Waals surface area contributed by atoms with Gasteiger partial charge in [-0.2, -0.15) is 5.10 Å². The second kappa shape index (κ2) is 5.09. The lowest BCUT2D eigenvalue weighted by atomic mass is 10.2. The molecule has 2 aromatic rings. The van der Waals surface area contributed by atoms with E-state index in [1.165, 1.54) is 12.1 Å². The Bertz CT molecular complexity index is 622. The minimum Gasteiger partial charge on any atom is -0.508 e. The van der Waals surface area contributed by atoms with Gasteiger partial charge in [0.05, 0.1) is 11.4 Å². The lowest BCUT2D eigenvalue weighted by Crippen LogP contribution is -2.18. The van der Waals surface area contributed by atoms with Crippen molar-refractivity contribution in [1.82, 2.24) is 9.78 Å². The maximum Gasteiger partial charge on any atom is 0.274 e. The molecule has 0 spiro atoms. The monoisotopic (exact) mass is 263 g/mol. The molecule has 0 aliphatic rings. The van der Waals surface area contributed by atoms with Crippen LogP contribution in [-0.2, 0) is 6.54 Å². The normalized spacial score (nSPS) is 10.5. The summed E-state index contributed by atoms with van der Waals surface area (Å²) in [4.78, 5) is 12.0. The van der Waals surface area contributed by atoms with E-state index in [9.17, 15) is 9.18 Å². The summed E-state index contributed by atoms with van der Waals surface area (Å²) in [7, 11) is 0. The summed E-state index contributed by atoms with van der Waals surface area (Å²) in [6.45, 7) is 4.20. The van der Waals surface area contributed by atoms with Crippen LogP contribution < -0.4 is 5.32 Å². The van der Waals surface area contributed by atoms with Gasteiger partial charge in [-0.3, -0.25) is 9.48 Å².